The Balaban J connectivity index is 1.14. The fraction of sp³-hybridized carbons (Fsp3) is 0.255. The van der Waals surface area contributed by atoms with Crippen LogP contribution in [0.25, 0.3) is 10.1 Å². The minimum atomic E-state index is -0.501. The van der Waals surface area contributed by atoms with E-state index in [0.717, 1.165) is 34.2 Å². The highest BCUT2D eigenvalue weighted by molar-refractivity contribution is 7.19. The number of rotatable bonds is 17. The van der Waals surface area contributed by atoms with Gasteiger partial charge in [0.05, 0.1) is 33.0 Å². The van der Waals surface area contributed by atoms with E-state index in [-0.39, 0.29) is 0 Å². The SMILES string of the molecule is CN(C)c1ccc2sc(Cc3cccc([C@@H]4O[C@H](COCc5ccccc5)[C@@H](OCc5ccccc5)[C@H](OCc5ccccc5)[C@H]4OCc4ccccc4)c3)cc2c1. The summed E-state index contributed by atoms with van der Waals surface area (Å²) in [6, 6.07) is 58.9. The van der Waals surface area contributed by atoms with Crippen LogP contribution in [0.15, 0.2) is 170 Å². The summed E-state index contributed by atoms with van der Waals surface area (Å²) < 4.78 is 35.9. The lowest BCUT2D eigenvalue weighted by atomic mass is 9.89. The van der Waals surface area contributed by atoms with Gasteiger partial charge >= 0.3 is 0 Å². The molecule has 0 aliphatic carbocycles. The molecule has 2 heterocycles. The maximum absolute atomic E-state index is 7.23. The maximum Gasteiger partial charge on any atom is 0.117 e. The highest BCUT2D eigenvalue weighted by atomic mass is 32.1. The number of nitrogens with zero attached hydrogens (tertiary/aromatic N) is 1. The van der Waals surface area contributed by atoms with Crippen molar-refractivity contribution >= 4 is 27.1 Å². The Bertz CT molecular complexity index is 2300. The van der Waals surface area contributed by atoms with Crippen molar-refractivity contribution in [2.24, 2.45) is 0 Å². The number of anilines is 1. The van der Waals surface area contributed by atoms with E-state index in [9.17, 15) is 0 Å². The van der Waals surface area contributed by atoms with Gasteiger partial charge in [-0.15, -0.1) is 11.3 Å². The van der Waals surface area contributed by atoms with Crippen LogP contribution in [0.4, 0.5) is 5.69 Å². The first-order valence-electron chi connectivity index (χ1n) is 20.1. The Morgan fingerprint density at radius 2 is 1.05 bits per heavy atom. The predicted molar refractivity (Wildman–Crippen MR) is 234 cm³/mol. The second kappa shape index (κ2) is 19.6. The monoisotopic (exact) mass is 789 g/mol. The first-order valence-corrected chi connectivity index (χ1v) is 20.9. The van der Waals surface area contributed by atoms with Crippen LogP contribution in [-0.2, 0) is 56.5 Å². The minimum Gasteiger partial charge on any atom is -0.378 e. The molecule has 1 aliphatic rings. The van der Waals surface area contributed by atoms with Crippen molar-refractivity contribution in [2.45, 2.75) is 63.4 Å². The van der Waals surface area contributed by atoms with Gasteiger partial charge in [-0.2, -0.15) is 0 Å². The standard InChI is InChI=1S/C51H51NO5S/c1-52(2)44-26-27-47-43(30-44)31-45(58-47)29-41-24-15-25-42(28-41)48-50(55-34-39-20-11-5-12-21-39)51(56-35-40-22-13-6-14-23-40)49(54-33-38-18-9-4-10-19-38)46(57-48)36-53-32-37-16-7-3-8-17-37/h3-28,30-31,46,48-51H,29,32-36H2,1-2H3/t46-,48+,49-,50+,51+/m1/s1. The first kappa shape index (κ1) is 39.7. The maximum atomic E-state index is 7.23. The van der Waals surface area contributed by atoms with Crippen LogP contribution in [0.2, 0.25) is 0 Å². The average Bonchev–Trinajstić information content (AvgIpc) is 3.67. The van der Waals surface area contributed by atoms with E-state index in [4.69, 9.17) is 23.7 Å². The fourth-order valence-corrected chi connectivity index (χ4v) is 8.67. The smallest absolute Gasteiger partial charge is 0.117 e. The largest absolute Gasteiger partial charge is 0.378 e. The summed E-state index contributed by atoms with van der Waals surface area (Å²) in [5.41, 5.74) is 7.78. The van der Waals surface area contributed by atoms with E-state index in [0.29, 0.717) is 33.0 Å². The molecule has 7 heteroatoms. The van der Waals surface area contributed by atoms with Gasteiger partial charge in [-0.1, -0.05) is 146 Å². The van der Waals surface area contributed by atoms with E-state index >= 15 is 0 Å². The lowest BCUT2D eigenvalue weighted by molar-refractivity contribution is -0.275. The van der Waals surface area contributed by atoms with Crippen molar-refractivity contribution in [3.63, 3.8) is 0 Å². The summed E-state index contributed by atoms with van der Waals surface area (Å²) in [7, 11) is 4.16. The van der Waals surface area contributed by atoms with Gasteiger partial charge in [-0.25, -0.2) is 0 Å². The molecular weight excluding hydrogens is 739 g/mol. The molecule has 1 aromatic heterocycles. The van der Waals surface area contributed by atoms with Gasteiger partial charge in [0.25, 0.3) is 0 Å². The lowest BCUT2D eigenvalue weighted by Crippen LogP contribution is -2.58. The Kier molecular flexibility index (Phi) is 13.4. The van der Waals surface area contributed by atoms with E-state index in [1.54, 1.807) is 0 Å². The topological polar surface area (TPSA) is 49.4 Å². The van der Waals surface area contributed by atoms with Gasteiger partial charge in [0.15, 0.2) is 0 Å². The van der Waals surface area contributed by atoms with E-state index in [2.05, 4.69) is 116 Å². The van der Waals surface area contributed by atoms with Gasteiger partial charge in [0, 0.05) is 35.8 Å². The van der Waals surface area contributed by atoms with Crippen LogP contribution >= 0.6 is 11.3 Å². The molecule has 58 heavy (non-hydrogen) atoms. The zero-order valence-electron chi connectivity index (χ0n) is 33.2. The molecule has 0 bridgehead atoms. The van der Waals surface area contributed by atoms with Crippen LogP contribution in [-0.4, -0.2) is 45.1 Å². The second-order valence-corrected chi connectivity index (χ2v) is 16.3. The third kappa shape index (κ3) is 10.3. The molecule has 1 aliphatic heterocycles. The highest BCUT2D eigenvalue weighted by Crippen LogP contribution is 2.39. The Morgan fingerprint density at radius 1 is 0.517 bits per heavy atom. The molecule has 1 saturated heterocycles. The summed E-state index contributed by atoms with van der Waals surface area (Å²) in [5, 5.41) is 1.27. The van der Waals surface area contributed by atoms with E-state index in [1.165, 1.54) is 26.2 Å². The molecule has 6 aromatic carbocycles. The summed E-state index contributed by atoms with van der Waals surface area (Å²) in [6.45, 7) is 1.96. The number of thiophene rings is 1. The van der Waals surface area contributed by atoms with Gasteiger partial charge in [0.1, 0.15) is 30.5 Å². The van der Waals surface area contributed by atoms with Crippen molar-refractivity contribution < 1.29 is 23.7 Å². The Labute approximate surface area is 346 Å². The Morgan fingerprint density at radius 3 is 1.64 bits per heavy atom. The molecule has 0 unspecified atom stereocenters. The number of hydrogen-bond donors (Lipinski definition) is 0. The molecule has 0 amide bonds. The molecule has 1 fully saturated rings. The van der Waals surface area contributed by atoms with Crippen LogP contribution in [0, 0.1) is 0 Å². The van der Waals surface area contributed by atoms with Crippen LogP contribution in [0.3, 0.4) is 0 Å². The molecule has 8 rings (SSSR count). The molecular formula is C51H51NO5S. The molecule has 0 spiro atoms. The third-order valence-corrected chi connectivity index (χ3v) is 11.7. The normalized spacial score (nSPS) is 19.3. The molecule has 7 aromatic rings. The van der Waals surface area contributed by atoms with Crippen LogP contribution in [0.1, 0.15) is 44.4 Å². The second-order valence-electron chi connectivity index (χ2n) is 15.1. The summed E-state index contributed by atoms with van der Waals surface area (Å²) in [5.74, 6) is 0. The molecule has 0 saturated carbocycles. The van der Waals surface area contributed by atoms with E-state index in [1.807, 2.05) is 84.1 Å². The number of ether oxygens (including phenoxy) is 5. The summed E-state index contributed by atoms with van der Waals surface area (Å²) in [6.07, 6.45) is -1.59. The lowest BCUT2D eigenvalue weighted by Gasteiger charge is -2.46. The van der Waals surface area contributed by atoms with Crippen molar-refractivity contribution in [3.05, 3.63) is 208 Å². The average molecular weight is 790 g/mol. The minimum absolute atomic E-state index is 0.317. The van der Waals surface area contributed by atoms with Gasteiger partial charge in [-0.05, 0) is 63.0 Å². The van der Waals surface area contributed by atoms with Crippen molar-refractivity contribution in [2.75, 3.05) is 25.6 Å². The molecule has 0 radical (unpaired) electrons. The zero-order chi connectivity index (χ0) is 39.5. The molecule has 0 N–H and O–H groups in total. The van der Waals surface area contributed by atoms with Crippen molar-refractivity contribution in [1.29, 1.82) is 0 Å². The fourth-order valence-electron chi connectivity index (χ4n) is 7.59. The molecule has 5 atom stereocenters. The third-order valence-electron chi connectivity index (χ3n) is 10.6. The molecule has 6 nitrogen and oxygen atoms in total. The van der Waals surface area contributed by atoms with Crippen molar-refractivity contribution in [1.82, 2.24) is 0 Å². The highest BCUT2D eigenvalue weighted by Gasteiger charge is 2.49. The number of benzene rings is 6. The Hall–Kier alpha value is -5.12. The molecule has 296 valence electrons. The van der Waals surface area contributed by atoms with Gasteiger partial charge < -0.3 is 28.6 Å². The zero-order valence-corrected chi connectivity index (χ0v) is 34.0. The predicted octanol–water partition coefficient (Wildman–Crippen LogP) is 11.0. The number of fused-ring (bicyclic) bond motifs is 1. The first-order chi connectivity index (χ1) is 28.6. The van der Waals surface area contributed by atoms with Gasteiger partial charge in [-0.3, -0.25) is 0 Å². The van der Waals surface area contributed by atoms with Crippen LogP contribution < -0.4 is 4.90 Å². The summed E-state index contributed by atoms with van der Waals surface area (Å²) >= 11 is 1.85. The van der Waals surface area contributed by atoms with Crippen molar-refractivity contribution in [3.8, 4) is 0 Å². The number of hydrogen-bond acceptors (Lipinski definition) is 7. The van der Waals surface area contributed by atoms with Crippen LogP contribution in [0.5, 0.6) is 0 Å². The van der Waals surface area contributed by atoms with E-state index < -0.39 is 30.5 Å². The summed E-state index contributed by atoms with van der Waals surface area (Å²) in [4.78, 5) is 3.46. The quantitative estimate of drug-likeness (QED) is 0.0916. The van der Waals surface area contributed by atoms with Gasteiger partial charge in [0.2, 0.25) is 0 Å².